The molecule has 0 radical (unpaired) electrons. The first-order valence-corrected chi connectivity index (χ1v) is 6.84. The molecule has 0 aliphatic rings. The second kappa shape index (κ2) is 6.40. The zero-order valence-electron chi connectivity index (χ0n) is 10.0. The van der Waals surface area contributed by atoms with Crippen molar-refractivity contribution in [2.45, 2.75) is 12.5 Å². The van der Waals surface area contributed by atoms with Gasteiger partial charge < -0.3 is 0 Å². The molecule has 0 bridgehead atoms. The van der Waals surface area contributed by atoms with E-state index >= 15 is 0 Å². The lowest BCUT2D eigenvalue weighted by Gasteiger charge is -2.17. The van der Waals surface area contributed by atoms with Crippen molar-refractivity contribution in [1.29, 1.82) is 0 Å². The second-order valence-electron chi connectivity index (χ2n) is 4.19. The Morgan fingerprint density at radius 1 is 1.11 bits per heavy atom. The lowest BCUT2D eigenvalue weighted by Crippen LogP contribution is -2.30. The van der Waals surface area contributed by atoms with Gasteiger partial charge in [0.25, 0.3) is 0 Å². The molecule has 0 spiro atoms. The van der Waals surface area contributed by atoms with Gasteiger partial charge in [-0.3, -0.25) is 11.3 Å². The molecule has 5 heteroatoms. The van der Waals surface area contributed by atoms with Gasteiger partial charge in [0.1, 0.15) is 0 Å². The monoisotopic (exact) mass is 374 g/mol. The Morgan fingerprint density at radius 2 is 1.79 bits per heavy atom. The van der Waals surface area contributed by atoms with Crippen LogP contribution in [0, 0.1) is 15.2 Å². The Hall–Kier alpha value is -1.05. The molecule has 0 saturated carbocycles. The molecule has 2 aromatic rings. The van der Waals surface area contributed by atoms with Crippen LogP contribution in [0.1, 0.15) is 17.2 Å². The van der Waals surface area contributed by atoms with Crippen molar-refractivity contribution < 1.29 is 8.78 Å². The zero-order chi connectivity index (χ0) is 13.8. The smallest absolute Gasteiger partial charge is 0.163 e. The van der Waals surface area contributed by atoms with Gasteiger partial charge in [-0.25, -0.2) is 8.78 Å². The third-order valence-electron chi connectivity index (χ3n) is 2.91. The molecule has 1 unspecified atom stereocenters. The molecule has 2 nitrogen and oxygen atoms in total. The summed E-state index contributed by atoms with van der Waals surface area (Å²) in [6.45, 7) is 0. The van der Waals surface area contributed by atoms with Gasteiger partial charge in [0.2, 0.25) is 0 Å². The average molecular weight is 374 g/mol. The summed E-state index contributed by atoms with van der Waals surface area (Å²) in [7, 11) is 0. The van der Waals surface area contributed by atoms with Crippen LogP contribution in [-0.2, 0) is 6.42 Å². The maximum Gasteiger partial charge on any atom is 0.163 e. The molecular weight excluding hydrogens is 361 g/mol. The summed E-state index contributed by atoms with van der Waals surface area (Å²) >= 11 is 2.21. The van der Waals surface area contributed by atoms with Crippen molar-refractivity contribution in [3.05, 3.63) is 68.8 Å². The number of benzene rings is 2. The molecule has 19 heavy (non-hydrogen) atoms. The van der Waals surface area contributed by atoms with Gasteiger partial charge in [0.15, 0.2) is 11.6 Å². The Bertz CT molecular complexity index is 558. The molecule has 0 aromatic heterocycles. The fourth-order valence-corrected chi connectivity index (χ4v) is 2.26. The quantitative estimate of drug-likeness (QED) is 0.490. The van der Waals surface area contributed by atoms with Gasteiger partial charge >= 0.3 is 0 Å². The predicted molar refractivity (Wildman–Crippen MR) is 79.3 cm³/mol. The molecule has 0 fully saturated rings. The van der Waals surface area contributed by atoms with Crippen LogP contribution < -0.4 is 11.3 Å². The van der Waals surface area contributed by atoms with E-state index in [1.54, 1.807) is 0 Å². The Balaban J connectivity index is 2.25. The second-order valence-corrected chi connectivity index (χ2v) is 5.44. The number of hydrazine groups is 1. The number of hydrogen-bond donors (Lipinski definition) is 2. The molecule has 0 aliphatic carbocycles. The summed E-state index contributed by atoms with van der Waals surface area (Å²) in [5, 5.41) is 0. The first-order chi connectivity index (χ1) is 9.11. The minimum atomic E-state index is -0.861. The molecule has 0 heterocycles. The van der Waals surface area contributed by atoms with Crippen LogP contribution in [0.2, 0.25) is 0 Å². The van der Waals surface area contributed by atoms with Gasteiger partial charge in [-0.05, 0) is 52.8 Å². The summed E-state index contributed by atoms with van der Waals surface area (Å²) < 4.78 is 28.1. The fraction of sp³-hybridized carbons (Fsp3) is 0.143. The largest absolute Gasteiger partial charge is 0.271 e. The van der Waals surface area contributed by atoms with Crippen LogP contribution in [0.5, 0.6) is 0 Å². The number of rotatable bonds is 4. The average Bonchev–Trinajstić information content (AvgIpc) is 2.42. The highest BCUT2D eigenvalue weighted by atomic mass is 127. The van der Waals surface area contributed by atoms with E-state index < -0.39 is 17.7 Å². The highest BCUT2D eigenvalue weighted by Crippen LogP contribution is 2.22. The van der Waals surface area contributed by atoms with E-state index in [-0.39, 0.29) is 5.56 Å². The van der Waals surface area contributed by atoms with E-state index in [2.05, 4.69) is 28.0 Å². The van der Waals surface area contributed by atoms with Gasteiger partial charge in [-0.1, -0.05) is 24.3 Å². The van der Waals surface area contributed by atoms with Crippen molar-refractivity contribution in [3.8, 4) is 0 Å². The zero-order valence-corrected chi connectivity index (χ0v) is 12.2. The van der Waals surface area contributed by atoms with Crippen molar-refractivity contribution in [2.75, 3.05) is 0 Å². The normalized spacial score (nSPS) is 12.4. The molecule has 3 N–H and O–H groups in total. The van der Waals surface area contributed by atoms with E-state index in [1.165, 1.54) is 12.1 Å². The Kier molecular flexibility index (Phi) is 4.84. The van der Waals surface area contributed by atoms with E-state index in [4.69, 9.17) is 5.84 Å². The molecule has 0 amide bonds. The molecule has 0 saturated heterocycles. The van der Waals surface area contributed by atoms with Gasteiger partial charge in [-0.15, -0.1) is 0 Å². The van der Waals surface area contributed by atoms with Crippen LogP contribution in [0.25, 0.3) is 0 Å². The van der Waals surface area contributed by atoms with E-state index in [0.29, 0.717) is 6.42 Å². The number of halogens is 3. The Labute approximate surface area is 124 Å². The van der Waals surface area contributed by atoms with Crippen LogP contribution in [0.3, 0.4) is 0 Å². The van der Waals surface area contributed by atoms with E-state index in [9.17, 15) is 8.78 Å². The lowest BCUT2D eigenvalue weighted by molar-refractivity contribution is 0.464. The highest BCUT2D eigenvalue weighted by Gasteiger charge is 2.17. The lowest BCUT2D eigenvalue weighted by atomic mass is 9.99. The predicted octanol–water partition coefficient (Wildman–Crippen LogP) is 3.32. The Morgan fingerprint density at radius 3 is 2.42 bits per heavy atom. The maximum absolute atomic E-state index is 13.7. The summed E-state index contributed by atoms with van der Waals surface area (Å²) in [5.74, 6) is 3.75. The highest BCUT2D eigenvalue weighted by molar-refractivity contribution is 14.1. The van der Waals surface area contributed by atoms with Gasteiger partial charge in [0, 0.05) is 9.13 Å². The van der Waals surface area contributed by atoms with Gasteiger partial charge in [-0.2, -0.15) is 0 Å². The van der Waals surface area contributed by atoms with Crippen LogP contribution in [0.15, 0.2) is 42.5 Å². The van der Waals surface area contributed by atoms with E-state index in [1.807, 2.05) is 24.3 Å². The van der Waals surface area contributed by atoms with Crippen molar-refractivity contribution in [2.24, 2.45) is 5.84 Å². The van der Waals surface area contributed by atoms with Crippen LogP contribution >= 0.6 is 22.6 Å². The van der Waals surface area contributed by atoms with Crippen molar-refractivity contribution >= 4 is 22.6 Å². The summed E-state index contributed by atoms with van der Waals surface area (Å²) in [4.78, 5) is 0. The topological polar surface area (TPSA) is 38.0 Å². The van der Waals surface area contributed by atoms with E-state index in [0.717, 1.165) is 15.2 Å². The molecule has 1 atom stereocenters. The molecule has 0 aliphatic heterocycles. The number of nitrogens with one attached hydrogen (secondary N) is 1. The first kappa shape index (κ1) is 14.4. The van der Waals surface area contributed by atoms with Crippen LogP contribution in [-0.4, -0.2) is 0 Å². The molecule has 2 rings (SSSR count). The molecular formula is C14H13F2IN2. The molecule has 2 aromatic carbocycles. The fourth-order valence-electron chi connectivity index (χ4n) is 1.90. The summed E-state index contributed by atoms with van der Waals surface area (Å²) in [6.07, 6.45) is 0.494. The third-order valence-corrected chi connectivity index (χ3v) is 3.63. The summed E-state index contributed by atoms with van der Waals surface area (Å²) in [6, 6.07) is 11.5. The van der Waals surface area contributed by atoms with Gasteiger partial charge in [0.05, 0.1) is 6.04 Å². The number of hydrogen-bond acceptors (Lipinski definition) is 2. The standard InChI is InChI=1S/C14H13F2IN2/c15-12-3-1-2-11(14(12)16)13(19-18)8-9-4-6-10(17)7-5-9/h1-7,13,19H,8,18H2. The minimum absolute atomic E-state index is 0.237. The molecule has 100 valence electrons. The van der Waals surface area contributed by atoms with Crippen molar-refractivity contribution in [3.63, 3.8) is 0 Å². The summed E-state index contributed by atoms with van der Waals surface area (Å²) in [5.41, 5.74) is 3.78. The third kappa shape index (κ3) is 3.49. The van der Waals surface area contributed by atoms with Crippen LogP contribution in [0.4, 0.5) is 8.78 Å². The van der Waals surface area contributed by atoms with Crippen molar-refractivity contribution in [1.82, 2.24) is 5.43 Å². The maximum atomic E-state index is 13.7. The first-order valence-electron chi connectivity index (χ1n) is 5.76. The minimum Gasteiger partial charge on any atom is -0.271 e. The SMILES string of the molecule is NNC(Cc1ccc(I)cc1)c1cccc(F)c1F. The number of nitrogens with two attached hydrogens (primary N) is 1.